The highest BCUT2D eigenvalue weighted by Gasteiger charge is 2.17. The molecular formula is C14H14BrClN2O3. The first-order valence-corrected chi connectivity index (χ1v) is 7.40. The van der Waals surface area contributed by atoms with E-state index in [1.165, 1.54) is 0 Å². The Morgan fingerprint density at radius 2 is 2.29 bits per heavy atom. The van der Waals surface area contributed by atoms with E-state index in [4.69, 9.17) is 21.1 Å². The molecule has 0 N–H and O–H groups in total. The number of carbonyl (C=O) groups is 1. The molecule has 21 heavy (non-hydrogen) atoms. The summed E-state index contributed by atoms with van der Waals surface area (Å²) in [6, 6.07) is 6.91. The van der Waals surface area contributed by atoms with Gasteiger partial charge in [0.15, 0.2) is 6.61 Å². The summed E-state index contributed by atoms with van der Waals surface area (Å²) in [5.74, 6) is 0.380. The second-order valence-corrected chi connectivity index (χ2v) is 5.52. The summed E-state index contributed by atoms with van der Waals surface area (Å²) in [6.07, 6.45) is 1.59. The van der Waals surface area contributed by atoms with E-state index in [1.54, 1.807) is 42.3 Å². The quantitative estimate of drug-likeness (QED) is 0.699. The van der Waals surface area contributed by atoms with Crippen LogP contribution in [-0.2, 0) is 11.3 Å². The molecule has 0 amide bonds. The molecule has 0 aliphatic carbocycles. The van der Waals surface area contributed by atoms with Crippen molar-refractivity contribution in [2.24, 2.45) is 0 Å². The lowest BCUT2D eigenvalue weighted by Crippen LogP contribution is -2.19. The zero-order valence-electron chi connectivity index (χ0n) is 11.4. The van der Waals surface area contributed by atoms with Crippen LogP contribution in [0.2, 0.25) is 5.02 Å². The minimum atomic E-state index is -0.171. The van der Waals surface area contributed by atoms with Gasteiger partial charge in [-0.05, 0) is 34.1 Å². The van der Waals surface area contributed by atoms with Crippen LogP contribution in [0.4, 0.5) is 0 Å². The first-order chi connectivity index (χ1) is 10.1. The topological polar surface area (TPSA) is 53.4 Å². The summed E-state index contributed by atoms with van der Waals surface area (Å²) < 4.78 is 12.7. The lowest BCUT2D eigenvalue weighted by molar-refractivity contribution is 0.0906. The van der Waals surface area contributed by atoms with Gasteiger partial charge in [0.05, 0.1) is 23.8 Å². The van der Waals surface area contributed by atoms with Gasteiger partial charge in [-0.15, -0.1) is 0 Å². The highest BCUT2D eigenvalue weighted by atomic mass is 79.9. The number of ketones is 1. The fraction of sp³-hybridized carbons (Fsp3) is 0.286. The molecular weight excluding hydrogens is 360 g/mol. The SMILES string of the molecule is COCCn1ncc(Br)c1C(=O)COc1cccc(Cl)c1. The van der Waals surface area contributed by atoms with E-state index in [-0.39, 0.29) is 12.4 Å². The molecule has 0 atom stereocenters. The van der Waals surface area contributed by atoms with Crippen LogP contribution in [0.3, 0.4) is 0 Å². The maximum Gasteiger partial charge on any atom is 0.219 e. The second-order valence-electron chi connectivity index (χ2n) is 4.23. The van der Waals surface area contributed by atoms with Crippen LogP contribution >= 0.6 is 27.5 Å². The third-order valence-corrected chi connectivity index (χ3v) is 3.55. The molecule has 0 aliphatic rings. The molecule has 0 bridgehead atoms. The summed E-state index contributed by atoms with van der Waals surface area (Å²) in [5.41, 5.74) is 0.467. The number of nitrogens with zero attached hydrogens (tertiary/aromatic N) is 2. The molecule has 0 saturated heterocycles. The normalized spacial score (nSPS) is 10.6. The Bertz CT molecular complexity index is 630. The molecule has 112 valence electrons. The van der Waals surface area contributed by atoms with Crippen LogP contribution < -0.4 is 4.74 Å². The second kappa shape index (κ2) is 7.59. The van der Waals surface area contributed by atoms with Crippen molar-refractivity contribution in [3.05, 3.63) is 45.7 Å². The minimum absolute atomic E-state index is 0.0857. The summed E-state index contributed by atoms with van der Waals surface area (Å²) in [6.45, 7) is 0.890. The molecule has 0 aliphatic heterocycles. The van der Waals surface area contributed by atoms with Crippen molar-refractivity contribution in [2.75, 3.05) is 20.3 Å². The van der Waals surface area contributed by atoms with Crippen LogP contribution in [-0.4, -0.2) is 35.9 Å². The first-order valence-electron chi connectivity index (χ1n) is 6.23. The van der Waals surface area contributed by atoms with Crippen molar-refractivity contribution < 1.29 is 14.3 Å². The Morgan fingerprint density at radius 3 is 3.00 bits per heavy atom. The lowest BCUT2D eigenvalue weighted by atomic mass is 10.3. The Labute approximate surface area is 135 Å². The molecule has 1 heterocycles. The predicted molar refractivity (Wildman–Crippen MR) is 83.1 cm³/mol. The van der Waals surface area contributed by atoms with Crippen LogP contribution in [0.15, 0.2) is 34.9 Å². The number of aromatic nitrogens is 2. The maximum atomic E-state index is 12.3. The van der Waals surface area contributed by atoms with E-state index in [1.807, 2.05) is 0 Å². The van der Waals surface area contributed by atoms with Gasteiger partial charge in [-0.3, -0.25) is 9.48 Å². The molecule has 7 heteroatoms. The largest absolute Gasteiger partial charge is 0.485 e. The highest BCUT2D eigenvalue weighted by molar-refractivity contribution is 9.10. The van der Waals surface area contributed by atoms with Gasteiger partial charge in [0, 0.05) is 12.1 Å². The van der Waals surface area contributed by atoms with Crippen LogP contribution in [0, 0.1) is 0 Å². The van der Waals surface area contributed by atoms with Crippen molar-refractivity contribution in [2.45, 2.75) is 6.54 Å². The highest BCUT2D eigenvalue weighted by Crippen LogP contribution is 2.19. The number of carbonyl (C=O) groups excluding carboxylic acids is 1. The summed E-state index contributed by atoms with van der Waals surface area (Å²) >= 11 is 9.19. The number of benzene rings is 1. The molecule has 0 radical (unpaired) electrons. The van der Waals surface area contributed by atoms with Crippen molar-refractivity contribution >= 4 is 33.3 Å². The van der Waals surface area contributed by atoms with Gasteiger partial charge < -0.3 is 9.47 Å². The Hall–Kier alpha value is -1.37. The summed E-state index contributed by atoms with van der Waals surface area (Å²) in [4.78, 5) is 12.3. The molecule has 0 unspecified atom stereocenters. The lowest BCUT2D eigenvalue weighted by Gasteiger charge is -2.08. The van der Waals surface area contributed by atoms with Gasteiger partial charge in [0.2, 0.25) is 5.78 Å². The van der Waals surface area contributed by atoms with Gasteiger partial charge in [0.25, 0.3) is 0 Å². The van der Waals surface area contributed by atoms with Gasteiger partial charge in [-0.1, -0.05) is 17.7 Å². The van der Waals surface area contributed by atoms with Crippen molar-refractivity contribution in [1.29, 1.82) is 0 Å². The van der Waals surface area contributed by atoms with E-state index in [9.17, 15) is 4.79 Å². The molecule has 1 aromatic carbocycles. The van der Waals surface area contributed by atoms with Crippen LogP contribution in [0.1, 0.15) is 10.5 Å². The molecule has 2 aromatic rings. The fourth-order valence-electron chi connectivity index (χ4n) is 1.76. The average molecular weight is 374 g/mol. The smallest absolute Gasteiger partial charge is 0.219 e. The number of ether oxygens (including phenoxy) is 2. The zero-order chi connectivity index (χ0) is 15.2. The van der Waals surface area contributed by atoms with Crippen molar-refractivity contribution in [1.82, 2.24) is 9.78 Å². The monoisotopic (exact) mass is 372 g/mol. The molecule has 5 nitrogen and oxygen atoms in total. The van der Waals surface area contributed by atoms with Crippen LogP contribution in [0.25, 0.3) is 0 Å². The Morgan fingerprint density at radius 1 is 1.48 bits per heavy atom. The third-order valence-electron chi connectivity index (χ3n) is 2.73. The first kappa shape index (κ1) is 16.0. The number of hydrogen-bond donors (Lipinski definition) is 0. The summed E-state index contributed by atoms with van der Waals surface area (Å²) in [7, 11) is 1.60. The van der Waals surface area contributed by atoms with Crippen molar-refractivity contribution in [3.8, 4) is 5.75 Å². The molecule has 0 saturated carbocycles. The Kier molecular flexibility index (Phi) is 5.78. The summed E-state index contributed by atoms with van der Waals surface area (Å²) in [5, 5.41) is 4.70. The number of Topliss-reactive ketones (excluding diaryl/α,β-unsaturated/α-hetero) is 1. The molecule has 0 spiro atoms. The number of rotatable bonds is 7. The number of methoxy groups -OCH3 is 1. The van der Waals surface area contributed by atoms with Crippen molar-refractivity contribution in [3.63, 3.8) is 0 Å². The predicted octanol–water partition coefficient (Wildman–Crippen LogP) is 3.21. The standard InChI is InChI=1S/C14H14BrClN2O3/c1-20-6-5-18-14(12(15)8-17-18)13(19)9-21-11-4-2-3-10(16)7-11/h2-4,7-8H,5-6,9H2,1H3. The molecule has 0 fully saturated rings. The molecule has 1 aromatic heterocycles. The number of halogens is 2. The van der Waals surface area contributed by atoms with Gasteiger partial charge in [0.1, 0.15) is 11.4 Å². The van der Waals surface area contributed by atoms with E-state index in [0.29, 0.717) is 34.1 Å². The molecule has 2 rings (SSSR count). The van der Waals surface area contributed by atoms with E-state index < -0.39 is 0 Å². The van der Waals surface area contributed by atoms with E-state index in [2.05, 4.69) is 21.0 Å². The van der Waals surface area contributed by atoms with Gasteiger partial charge in [-0.25, -0.2) is 0 Å². The average Bonchev–Trinajstić information content (AvgIpc) is 2.83. The minimum Gasteiger partial charge on any atom is -0.485 e. The zero-order valence-corrected chi connectivity index (χ0v) is 13.7. The fourth-order valence-corrected chi connectivity index (χ4v) is 2.46. The number of hydrogen-bond acceptors (Lipinski definition) is 4. The maximum absolute atomic E-state index is 12.3. The Balaban J connectivity index is 2.04. The van der Waals surface area contributed by atoms with Gasteiger partial charge >= 0.3 is 0 Å². The van der Waals surface area contributed by atoms with Crippen LogP contribution in [0.5, 0.6) is 5.75 Å². The van der Waals surface area contributed by atoms with E-state index >= 15 is 0 Å². The third kappa shape index (κ3) is 4.30. The van der Waals surface area contributed by atoms with Gasteiger partial charge in [-0.2, -0.15) is 5.10 Å². The van der Waals surface area contributed by atoms with E-state index in [0.717, 1.165) is 0 Å².